The van der Waals surface area contributed by atoms with Crippen LogP contribution in [0.15, 0.2) is 12.1 Å². The van der Waals surface area contributed by atoms with Crippen molar-refractivity contribution in [3.63, 3.8) is 0 Å². The highest BCUT2D eigenvalue weighted by Crippen LogP contribution is 2.34. The molecule has 1 aromatic carbocycles. The smallest absolute Gasteiger partial charge is 0.141 e. The normalized spacial score (nSPS) is 16.2. The Morgan fingerprint density at radius 2 is 2.36 bits per heavy atom. The van der Waals surface area contributed by atoms with Crippen molar-refractivity contribution in [2.45, 2.75) is 25.9 Å². The summed E-state index contributed by atoms with van der Waals surface area (Å²) in [4.78, 5) is 0. The molecule has 0 saturated heterocycles. The lowest BCUT2D eigenvalue weighted by atomic mass is 10.0. The van der Waals surface area contributed by atoms with Gasteiger partial charge in [0.05, 0.1) is 17.7 Å². The Balaban J connectivity index is 2.32. The molecule has 2 rings (SSSR count). The highest BCUT2D eigenvalue weighted by atomic mass is 35.5. The zero-order chi connectivity index (χ0) is 10.1. The molecule has 76 valence electrons. The first kappa shape index (κ1) is 9.81. The summed E-state index contributed by atoms with van der Waals surface area (Å²) in [6.45, 7) is 2.49. The maximum absolute atomic E-state index is 9.27. The molecule has 3 heteroatoms. The number of halogens is 1. The molecule has 0 fully saturated rings. The lowest BCUT2D eigenvalue weighted by Gasteiger charge is -2.08. The number of ether oxygens (including phenoxy) is 1. The molecular weight excluding hydrogens is 200 g/mol. The first-order valence-electron chi connectivity index (χ1n) is 4.79. The molecule has 0 aliphatic carbocycles. The Hall–Kier alpha value is -0.730. The van der Waals surface area contributed by atoms with Crippen LogP contribution >= 0.6 is 11.6 Å². The summed E-state index contributed by atoms with van der Waals surface area (Å²) in [6.07, 6.45) is 1.24. The predicted octanol–water partition coefficient (Wildman–Crippen LogP) is 2.20. The van der Waals surface area contributed by atoms with Gasteiger partial charge in [0.15, 0.2) is 0 Å². The summed E-state index contributed by atoms with van der Waals surface area (Å²) in [5.74, 6) is 0.820. The van der Waals surface area contributed by atoms with E-state index in [1.165, 1.54) is 0 Å². The minimum absolute atomic E-state index is 0.327. The van der Waals surface area contributed by atoms with Gasteiger partial charge in [0.2, 0.25) is 0 Å². The summed E-state index contributed by atoms with van der Waals surface area (Å²) in [5.41, 5.74) is 2.24. The van der Waals surface area contributed by atoms with E-state index in [1.54, 1.807) is 6.92 Å². The summed E-state index contributed by atoms with van der Waals surface area (Å²) < 4.78 is 5.39. The zero-order valence-corrected chi connectivity index (χ0v) is 8.84. The van der Waals surface area contributed by atoms with Crippen molar-refractivity contribution in [2.75, 3.05) is 6.61 Å². The summed E-state index contributed by atoms with van der Waals surface area (Å²) in [7, 11) is 0. The van der Waals surface area contributed by atoms with Crippen molar-refractivity contribution in [3.05, 3.63) is 28.3 Å². The Bertz CT molecular complexity index is 347. The Kier molecular flexibility index (Phi) is 2.66. The molecule has 1 heterocycles. The van der Waals surface area contributed by atoms with Crippen LogP contribution in [0.5, 0.6) is 5.75 Å². The Labute approximate surface area is 88.5 Å². The standard InChI is InChI=1S/C11H13ClO2/c1-7(13)4-8-5-9-2-3-14-11(9)10(12)6-8/h5-7,13H,2-4H2,1H3. The van der Waals surface area contributed by atoms with Crippen molar-refractivity contribution in [1.82, 2.24) is 0 Å². The molecule has 1 N–H and O–H groups in total. The van der Waals surface area contributed by atoms with E-state index in [2.05, 4.69) is 6.07 Å². The van der Waals surface area contributed by atoms with Gasteiger partial charge < -0.3 is 9.84 Å². The minimum Gasteiger partial charge on any atom is -0.491 e. The van der Waals surface area contributed by atoms with Crippen molar-refractivity contribution in [1.29, 1.82) is 0 Å². The van der Waals surface area contributed by atoms with Crippen LogP contribution in [0.3, 0.4) is 0 Å². The largest absolute Gasteiger partial charge is 0.491 e. The van der Waals surface area contributed by atoms with Gasteiger partial charge in [-0.25, -0.2) is 0 Å². The molecule has 0 bridgehead atoms. The summed E-state index contributed by atoms with van der Waals surface area (Å²) in [5, 5.41) is 9.93. The number of hydrogen-bond donors (Lipinski definition) is 1. The van der Waals surface area contributed by atoms with Gasteiger partial charge in [0, 0.05) is 6.42 Å². The highest BCUT2D eigenvalue weighted by Gasteiger charge is 2.16. The zero-order valence-electron chi connectivity index (χ0n) is 8.09. The maximum atomic E-state index is 9.27. The number of benzene rings is 1. The third-order valence-electron chi connectivity index (χ3n) is 2.33. The molecular formula is C11H13ClO2. The van der Waals surface area contributed by atoms with Crippen LogP contribution in [0.4, 0.5) is 0 Å². The van der Waals surface area contributed by atoms with Crippen LogP contribution in [0.25, 0.3) is 0 Å². The van der Waals surface area contributed by atoms with Crippen molar-refractivity contribution >= 4 is 11.6 Å². The molecule has 0 aromatic heterocycles. The van der Waals surface area contributed by atoms with Crippen LogP contribution in [0.2, 0.25) is 5.02 Å². The SMILES string of the molecule is CC(O)Cc1cc(Cl)c2c(c1)CCO2. The molecule has 1 aliphatic rings. The molecule has 2 nitrogen and oxygen atoms in total. The first-order valence-corrected chi connectivity index (χ1v) is 5.17. The predicted molar refractivity (Wildman–Crippen MR) is 56.0 cm³/mol. The number of rotatable bonds is 2. The molecule has 1 unspecified atom stereocenters. The third kappa shape index (κ3) is 1.86. The second-order valence-electron chi connectivity index (χ2n) is 3.72. The number of fused-ring (bicyclic) bond motifs is 1. The van der Waals surface area contributed by atoms with Crippen molar-refractivity contribution < 1.29 is 9.84 Å². The van der Waals surface area contributed by atoms with E-state index in [1.807, 2.05) is 6.07 Å². The fourth-order valence-electron chi connectivity index (χ4n) is 1.78. The highest BCUT2D eigenvalue weighted by molar-refractivity contribution is 6.32. The van der Waals surface area contributed by atoms with E-state index >= 15 is 0 Å². The average Bonchev–Trinajstić information content (AvgIpc) is 2.50. The minimum atomic E-state index is -0.327. The second-order valence-corrected chi connectivity index (χ2v) is 4.12. The third-order valence-corrected chi connectivity index (χ3v) is 2.61. The topological polar surface area (TPSA) is 29.5 Å². The molecule has 1 atom stereocenters. The first-order chi connectivity index (χ1) is 6.66. The second kappa shape index (κ2) is 3.79. The van der Waals surface area contributed by atoms with Gasteiger partial charge in [0.25, 0.3) is 0 Å². The lowest BCUT2D eigenvalue weighted by Crippen LogP contribution is -2.04. The van der Waals surface area contributed by atoms with E-state index in [0.29, 0.717) is 18.1 Å². The molecule has 1 aliphatic heterocycles. The number of aliphatic hydroxyl groups is 1. The maximum Gasteiger partial charge on any atom is 0.141 e. The average molecular weight is 213 g/mol. The fourth-order valence-corrected chi connectivity index (χ4v) is 2.10. The molecule has 14 heavy (non-hydrogen) atoms. The summed E-state index contributed by atoms with van der Waals surface area (Å²) >= 11 is 6.05. The number of hydrogen-bond acceptors (Lipinski definition) is 2. The van der Waals surface area contributed by atoms with Crippen LogP contribution in [0, 0.1) is 0 Å². The van der Waals surface area contributed by atoms with E-state index in [-0.39, 0.29) is 6.10 Å². The van der Waals surface area contributed by atoms with Gasteiger partial charge in [0.1, 0.15) is 5.75 Å². The van der Waals surface area contributed by atoms with Gasteiger partial charge in [-0.2, -0.15) is 0 Å². The van der Waals surface area contributed by atoms with Crippen LogP contribution < -0.4 is 4.74 Å². The fraction of sp³-hybridized carbons (Fsp3) is 0.455. The monoisotopic (exact) mass is 212 g/mol. The van der Waals surface area contributed by atoms with Crippen LogP contribution in [-0.4, -0.2) is 17.8 Å². The Morgan fingerprint density at radius 1 is 1.57 bits per heavy atom. The lowest BCUT2D eigenvalue weighted by molar-refractivity contribution is 0.195. The molecule has 0 spiro atoms. The van der Waals surface area contributed by atoms with Crippen molar-refractivity contribution in [2.24, 2.45) is 0 Å². The van der Waals surface area contributed by atoms with Gasteiger partial charge in [-0.05, 0) is 30.5 Å². The van der Waals surface area contributed by atoms with Crippen LogP contribution in [0.1, 0.15) is 18.1 Å². The van der Waals surface area contributed by atoms with Crippen molar-refractivity contribution in [3.8, 4) is 5.75 Å². The molecule has 1 aromatic rings. The van der Waals surface area contributed by atoms with Gasteiger partial charge in [-0.1, -0.05) is 17.7 Å². The molecule has 0 saturated carbocycles. The number of aliphatic hydroxyl groups excluding tert-OH is 1. The Morgan fingerprint density at radius 3 is 3.07 bits per heavy atom. The summed E-state index contributed by atoms with van der Waals surface area (Å²) in [6, 6.07) is 3.94. The van der Waals surface area contributed by atoms with Gasteiger partial charge >= 0.3 is 0 Å². The van der Waals surface area contributed by atoms with E-state index < -0.39 is 0 Å². The van der Waals surface area contributed by atoms with Gasteiger partial charge in [-0.15, -0.1) is 0 Å². The van der Waals surface area contributed by atoms with E-state index in [0.717, 1.165) is 23.3 Å². The van der Waals surface area contributed by atoms with E-state index in [9.17, 15) is 5.11 Å². The quantitative estimate of drug-likeness (QED) is 0.815. The van der Waals surface area contributed by atoms with Crippen LogP contribution in [-0.2, 0) is 12.8 Å². The van der Waals surface area contributed by atoms with Gasteiger partial charge in [-0.3, -0.25) is 0 Å². The molecule has 0 radical (unpaired) electrons. The molecule has 0 amide bonds. The van der Waals surface area contributed by atoms with E-state index in [4.69, 9.17) is 16.3 Å².